The van der Waals surface area contributed by atoms with Gasteiger partial charge in [-0.2, -0.15) is 21.0 Å². The van der Waals surface area contributed by atoms with E-state index in [9.17, 15) is 44.9 Å². The van der Waals surface area contributed by atoms with Crippen LogP contribution in [0.1, 0.15) is 0 Å². The van der Waals surface area contributed by atoms with Gasteiger partial charge < -0.3 is 0 Å². The molecule has 12 nitrogen and oxygen atoms in total. The summed E-state index contributed by atoms with van der Waals surface area (Å²) in [5, 5.41) is 0.0193. The zero-order valence-corrected chi connectivity index (χ0v) is 21.5. The molecule has 0 aromatic heterocycles. The highest BCUT2D eigenvalue weighted by Crippen LogP contribution is 2.55. The van der Waals surface area contributed by atoms with Crippen molar-refractivity contribution in [1.29, 1.82) is 0 Å². The smallest absolute Gasteiger partial charge is 0.298 e. The number of benzene rings is 2. The number of carbonyl (C=O) groups excluding carboxylic acids is 3. The van der Waals surface area contributed by atoms with Crippen molar-refractivity contribution < 1.29 is 53.2 Å². The molecule has 7 unspecified atom stereocenters. The lowest BCUT2D eigenvalue weighted by Crippen LogP contribution is -2.49. The van der Waals surface area contributed by atoms with Crippen LogP contribution >= 0.6 is 0 Å². The van der Waals surface area contributed by atoms with E-state index in [1.165, 1.54) is 12.2 Å². The minimum atomic E-state index is -4.79. The summed E-state index contributed by atoms with van der Waals surface area (Å²) in [5.74, 6) is -11.3. The molecule has 2 aliphatic heterocycles. The monoisotopic (exact) mass is 595 g/mol. The molecule has 0 N–H and O–H groups in total. The van der Waals surface area contributed by atoms with Crippen LogP contribution < -0.4 is 0 Å². The average Bonchev–Trinajstić information content (AvgIpc) is 3.14. The van der Waals surface area contributed by atoms with Crippen LogP contribution in [0.3, 0.4) is 0 Å². The average molecular weight is 596 g/mol. The van der Waals surface area contributed by atoms with Gasteiger partial charge >= 0.3 is 26.5 Å². The van der Waals surface area contributed by atoms with E-state index in [1.54, 1.807) is 0 Å². The zero-order valence-electron chi connectivity index (χ0n) is 19.9. The Morgan fingerprint density at radius 1 is 0.725 bits per heavy atom. The van der Waals surface area contributed by atoms with Gasteiger partial charge in [-0.3, -0.25) is 14.4 Å². The Hall–Kier alpha value is -3.73. The van der Waals surface area contributed by atoms with Crippen molar-refractivity contribution in [1.82, 2.24) is 5.06 Å². The van der Waals surface area contributed by atoms with Gasteiger partial charge in [0.15, 0.2) is 5.78 Å². The Kier molecular flexibility index (Phi) is 5.89. The van der Waals surface area contributed by atoms with Gasteiger partial charge in [0.1, 0.15) is 17.6 Å². The molecular weight excluding hydrogens is 578 g/mol. The fourth-order valence-corrected chi connectivity index (χ4v) is 7.84. The number of amides is 2. The molecule has 40 heavy (non-hydrogen) atoms. The molecule has 208 valence electrons. The van der Waals surface area contributed by atoms with E-state index in [0.717, 1.165) is 48.5 Å². The summed E-state index contributed by atoms with van der Waals surface area (Å²) in [6.45, 7) is 0. The van der Waals surface area contributed by atoms with Crippen LogP contribution in [0.25, 0.3) is 0 Å². The second kappa shape index (κ2) is 8.89. The van der Waals surface area contributed by atoms with Gasteiger partial charge in [0.2, 0.25) is 6.04 Å². The van der Waals surface area contributed by atoms with Crippen molar-refractivity contribution in [2.24, 2.45) is 29.6 Å². The Morgan fingerprint density at radius 2 is 1.25 bits per heavy atom. The van der Waals surface area contributed by atoms with Crippen LogP contribution in [0.4, 0.5) is 8.78 Å². The molecule has 2 aromatic rings. The van der Waals surface area contributed by atoms with Crippen molar-refractivity contribution in [2.45, 2.75) is 22.1 Å². The summed E-state index contributed by atoms with van der Waals surface area (Å²) in [5.41, 5.74) is 0. The Morgan fingerprint density at radius 3 is 1.82 bits per heavy atom. The minimum Gasteiger partial charge on any atom is -0.298 e. The number of hydrogen-bond donors (Lipinski definition) is 0. The van der Waals surface area contributed by atoms with E-state index >= 15 is 0 Å². The molecule has 3 aliphatic carbocycles. The van der Waals surface area contributed by atoms with Crippen molar-refractivity contribution in [3.63, 3.8) is 0 Å². The SMILES string of the molecule is O=C1C2C=CC3C(C4C(=O)N(OS(=O)(=O)c5ccc(F)cc5)C(=O)C24)C1C(OS(=O)(=O)c1ccc(F)cc1)[N+]3=O. The molecule has 0 radical (unpaired) electrons. The van der Waals surface area contributed by atoms with E-state index in [-0.39, 0.29) is 9.82 Å². The molecule has 2 amide bonds. The highest BCUT2D eigenvalue weighted by molar-refractivity contribution is 7.87. The number of carbonyl (C=O) groups is 3. The molecule has 2 heterocycles. The number of hydrogen-bond acceptors (Lipinski definition) is 10. The molecule has 7 atom stereocenters. The Balaban J connectivity index is 1.33. The fraction of sp³-hybridized carbons (Fsp3) is 0.292. The van der Waals surface area contributed by atoms with Gasteiger partial charge in [-0.1, -0.05) is 6.08 Å². The maximum Gasteiger partial charge on any atom is 0.330 e. The largest absolute Gasteiger partial charge is 0.330 e. The van der Waals surface area contributed by atoms with Gasteiger partial charge in [0.05, 0.1) is 27.5 Å². The van der Waals surface area contributed by atoms with Gasteiger partial charge in [-0.15, -0.1) is 9.35 Å². The summed E-state index contributed by atoms with van der Waals surface area (Å²) in [7, 11) is -9.46. The first-order valence-corrected chi connectivity index (χ1v) is 14.6. The molecule has 16 heteroatoms. The van der Waals surface area contributed by atoms with Crippen molar-refractivity contribution in [2.75, 3.05) is 0 Å². The molecule has 4 bridgehead atoms. The zero-order chi connectivity index (χ0) is 28.7. The van der Waals surface area contributed by atoms with E-state index < -0.39 is 101 Å². The number of allylic oxidation sites excluding steroid dienone is 1. The summed E-state index contributed by atoms with van der Waals surface area (Å²) < 4.78 is 87.9. The molecular formula is C24H17F2N2O10S2+. The summed E-state index contributed by atoms with van der Waals surface area (Å²) >= 11 is 0. The molecule has 7 rings (SSSR count). The lowest BCUT2D eigenvalue weighted by atomic mass is 9.63. The van der Waals surface area contributed by atoms with Crippen LogP contribution in [-0.4, -0.2) is 56.5 Å². The highest BCUT2D eigenvalue weighted by atomic mass is 32.2. The minimum absolute atomic E-state index is 0.0193. The Labute approximate surface area is 224 Å². The van der Waals surface area contributed by atoms with Crippen molar-refractivity contribution in [3.8, 4) is 0 Å². The molecule has 2 aromatic carbocycles. The molecule has 3 fully saturated rings. The number of rotatable bonds is 6. The maximum absolute atomic E-state index is 13.5. The van der Waals surface area contributed by atoms with Gasteiger partial charge in [-0.25, -0.2) is 8.78 Å². The third-order valence-electron chi connectivity index (χ3n) is 7.60. The fourth-order valence-electron chi connectivity index (χ4n) is 5.90. The molecule has 1 saturated carbocycles. The lowest BCUT2D eigenvalue weighted by molar-refractivity contribution is -0.624. The molecule has 2 saturated heterocycles. The lowest BCUT2D eigenvalue weighted by Gasteiger charge is -2.33. The first-order chi connectivity index (χ1) is 18.8. The van der Waals surface area contributed by atoms with E-state index in [0.29, 0.717) is 0 Å². The Bertz CT molecular complexity index is 1730. The number of hydroxylamine groups is 2. The topological polar surface area (TPSA) is 161 Å². The van der Waals surface area contributed by atoms with Gasteiger partial charge in [-0.05, 0) is 54.6 Å². The van der Waals surface area contributed by atoms with E-state index in [1.807, 2.05) is 0 Å². The standard InChI is InChI=1S/C24H17F2N2O10S2/c25-11-1-5-13(6-2-11)39(33,34)37-24-20-18-16(27(24)32)10-9-15(21(20)29)17-19(18)23(31)28(22(17)30)38-40(35,36)14-7-3-12(26)4-8-14/h1-10,15-20,24H/q+1. The van der Waals surface area contributed by atoms with Crippen molar-refractivity contribution >= 4 is 37.8 Å². The van der Waals surface area contributed by atoms with E-state index in [4.69, 9.17) is 8.47 Å². The molecule has 0 spiro atoms. The number of ketones is 1. The highest BCUT2D eigenvalue weighted by Gasteiger charge is 2.74. The van der Waals surface area contributed by atoms with Crippen LogP contribution in [0.15, 0.2) is 70.5 Å². The normalized spacial score (nSPS) is 31.1. The number of nitroso groups, excluding NO2 is 1. The van der Waals surface area contributed by atoms with Gasteiger partial charge in [0, 0.05) is 15.6 Å². The second-order valence-corrected chi connectivity index (χ2v) is 12.8. The van der Waals surface area contributed by atoms with Gasteiger partial charge in [0.25, 0.3) is 11.8 Å². The van der Waals surface area contributed by atoms with Crippen LogP contribution in [0.2, 0.25) is 0 Å². The van der Waals surface area contributed by atoms with Crippen LogP contribution in [-0.2, 0) is 43.1 Å². The first-order valence-electron chi connectivity index (χ1n) is 11.8. The third kappa shape index (κ3) is 3.85. The summed E-state index contributed by atoms with van der Waals surface area (Å²) in [6, 6.07) is 5.66. The summed E-state index contributed by atoms with van der Waals surface area (Å²) in [4.78, 5) is 52.4. The number of imide groups is 1. The third-order valence-corrected chi connectivity index (χ3v) is 10.1. The molecule has 5 aliphatic rings. The van der Waals surface area contributed by atoms with E-state index in [2.05, 4.69) is 0 Å². The second-order valence-electron chi connectivity index (χ2n) is 9.67. The number of halogens is 2. The number of Topliss-reactive ketones (excluding diaryl/α,β-unsaturated/α-hetero) is 1. The summed E-state index contributed by atoms with van der Waals surface area (Å²) in [6.07, 6.45) is 0.656. The maximum atomic E-state index is 13.5. The van der Waals surface area contributed by atoms with Crippen molar-refractivity contribution in [3.05, 3.63) is 77.2 Å². The first kappa shape index (κ1) is 26.5. The quantitative estimate of drug-likeness (QED) is 0.205. The van der Waals surface area contributed by atoms with Crippen LogP contribution in [0.5, 0.6) is 0 Å². The predicted molar refractivity (Wildman–Crippen MR) is 124 cm³/mol. The number of nitrogens with zero attached hydrogens (tertiary/aromatic N) is 2. The predicted octanol–water partition coefficient (Wildman–Crippen LogP) is 1.08. The van der Waals surface area contributed by atoms with Crippen LogP contribution in [0, 0.1) is 46.1 Å².